The molecule has 0 aliphatic carbocycles. The molecule has 2 heterocycles. The van der Waals surface area contributed by atoms with Gasteiger partial charge in [-0.25, -0.2) is 0 Å². The second-order valence-corrected chi connectivity index (χ2v) is 5.33. The predicted molar refractivity (Wildman–Crippen MR) is 69.2 cm³/mol. The maximum Gasteiger partial charge on any atom is 0.0741 e. The van der Waals surface area contributed by atoms with Crippen LogP contribution >= 0.6 is 0 Å². The Hall–Kier alpha value is -0.630. The fourth-order valence-corrected chi connectivity index (χ4v) is 3.20. The summed E-state index contributed by atoms with van der Waals surface area (Å²) in [6.07, 6.45) is 4.89. The molecule has 0 N–H and O–H groups in total. The third kappa shape index (κ3) is 3.23. The quantitative estimate of drug-likeness (QED) is 0.767. The van der Waals surface area contributed by atoms with Gasteiger partial charge in [0.25, 0.3) is 0 Å². The molecule has 4 heteroatoms. The molecule has 4 nitrogen and oxygen atoms in total. The van der Waals surface area contributed by atoms with Crippen molar-refractivity contribution in [2.24, 2.45) is 0 Å². The van der Waals surface area contributed by atoms with Gasteiger partial charge in [-0.1, -0.05) is 6.92 Å². The molecule has 0 amide bonds. The highest BCUT2D eigenvalue weighted by Gasteiger charge is 2.40. The van der Waals surface area contributed by atoms with Crippen LogP contribution in [0.4, 0.5) is 0 Å². The van der Waals surface area contributed by atoms with Gasteiger partial charge in [-0.3, -0.25) is 4.90 Å². The normalized spacial score (nSPS) is 27.3. The van der Waals surface area contributed by atoms with Crippen molar-refractivity contribution in [2.75, 3.05) is 32.9 Å². The summed E-state index contributed by atoms with van der Waals surface area (Å²) in [5, 5.41) is 8.73. The Kier molecular flexibility index (Phi) is 4.99. The summed E-state index contributed by atoms with van der Waals surface area (Å²) in [6, 6.07) is 2.83. The Labute approximate surface area is 110 Å². The third-order valence-electron chi connectivity index (χ3n) is 4.30. The van der Waals surface area contributed by atoms with Crippen molar-refractivity contribution in [1.82, 2.24) is 4.90 Å². The first-order valence-electron chi connectivity index (χ1n) is 7.12. The zero-order valence-corrected chi connectivity index (χ0v) is 11.4. The van der Waals surface area contributed by atoms with Crippen LogP contribution in [-0.2, 0) is 9.47 Å². The Morgan fingerprint density at radius 1 is 1.33 bits per heavy atom. The van der Waals surface area contributed by atoms with Gasteiger partial charge in [-0.15, -0.1) is 0 Å². The van der Waals surface area contributed by atoms with Gasteiger partial charge in [0.05, 0.1) is 11.7 Å². The van der Waals surface area contributed by atoms with Gasteiger partial charge in [0.15, 0.2) is 0 Å². The molecule has 1 unspecified atom stereocenters. The minimum Gasteiger partial charge on any atom is -0.381 e. The van der Waals surface area contributed by atoms with E-state index in [1.807, 2.05) is 0 Å². The molecule has 0 saturated carbocycles. The van der Waals surface area contributed by atoms with Crippen molar-refractivity contribution in [1.29, 1.82) is 5.26 Å². The molecule has 0 bridgehead atoms. The summed E-state index contributed by atoms with van der Waals surface area (Å²) in [6.45, 7) is 6.62. The molecule has 1 atom stereocenters. The van der Waals surface area contributed by atoms with Crippen LogP contribution in [0.15, 0.2) is 0 Å². The number of nitrogens with zero attached hydrogens (tertiary/aromatic N) is 2. The molecule has 0 aromatic carbocycles. The minimum atomic E-state index is 0.0568. The molecule has 0 aromatic rings. The monoisotopic (exact) mass is 252 g/mol. The van der Waals surface area contributed by atoms with Crippen LogP contribution in [0.5, 0.6) is 0 Å². The van der Waals surface area contributed by atoms with Gasteiger partial charge < -0.3 is 9.47 Å². The molecular weight excluding hydrogens is 228 g/mol. The first kappa shape index (κ1) is 13.8. The molecule has 102 valence electrons. The van der Waals surface area contributed by atoms with Crippen LogP contribution in [0.1, 0.15) is 39.0 Å². The van der Waals surface area contributed by atoms with E-state index in [0.717, 1.165) is 58.6 Å². The Morgan fingerprint density at radius 2 is 2.11 bits per heavy atom. The molecule has 1 spiro atoms. The lowest BCUT2D eigenvalue weighted by Crippen LogP contribution is -2.51. The lowest BCUT2D eigenvalue weighted by Gasteiger charge is -2.46. The van der Waals surface area contributed by atoms with Crippen LogP contribution in [-0.4, -0.2) is 49.5 Å². The van der Waals surface area contributed by atoms with E-state index in [2.05, 4.69) is 17.9 Å². The van der Waals surface area contributed by atoms with E-state index in [4.69, 9.17) is 14.7 Å². The predicted octanol–water partition coefficient (Wildman–Crippen LogP) is 1.95. The van der Waals surface area contributed by atoms with E-state index in [-0.39, 0.29) is 5.60 Å². The second-order valence-electron chi connectivity index (χ2n) is 5.33. The van der Waals surface area contributed by atoms with Crippen LogP contribution in [0.3, 0.4) is 0 Å². The highest BCUT2D eigenvalue weighted by Crippen LogP contribution is 2.35. The number of nitriles is 1. The standard InChI is InChI=1S/C14H24N2O2/c1-2-16(8-3-7-15)13-4-9-18-14(12-13)5-10-17-11-6-14/h13H,2-6,8-12H2,1H3. The average Bonchev–Trinajstić information content (AvgIpc) is 2.41. The van der Waals surface area contributed by atoms with Gasteiger partial charge in [-0.05, 0) is 32.2 Å². The van der Waals surface area contributed by atoms with E-state index in [0.29, 0.717) is 12.5 Å². The number of hydrogen-bond donors (Lipinski definition) is 0. The molecule has 2 aliphatic heterocycles. The van der Waals surface area contributed by atoms with Gasteiger partial charge in [-0.2, -0.15) is 5.26 Å². The molecule has 2 saturated heterocycles. The Balaban J connectivity index is 1.94. The lowest BCUT2D eigenvalue weighted by atomic mass is 9.83. The summed E-state index contributed by atoms with van der Waals surface area (Å²) in [7, 11) is 0. The van der Waals surface area contributed by atoms with Crippen LogP contribution < -0.4 is 0 Å². The first-order valence-corrected chi connectivity index (χ1v) is 7.12. The van der Waals surface area contributed by atoms with Crippen LogP contribution in [0.2, 0.25) is 0 Å². The number of hydrogen-bond acceptors (Lipinski definition) is 4. The summed E-state index contributed by atoms with van der Waals surface area (Å²) >= 11 is 0. The van der Waals surface area contributed by atoms with Crippen LogP contribution in [0.25, 0.3) is 0 Å². The van der Waals surface area contributed by atoms with Crippen molar-refractivity contribution in [3.8, 4) is 6.07 Å². The molecule has 0 radical (unpaired) electrons. The van der Waals surface area contributed by atoms with E-state index in [1.54, 1.807) is 0 Å². The minimum absolute atomic E-state index is 0.0568. The topological polar surface area (TPSA) is 45.5 Å². The number of ether oxygens (including phenoxy) is 2. The Morgan fingerprint density at radius 3 is 2.78 bits per heavy atom. The highest BCUT2D eigenvalue weighted by molar-refractivity contribution is 4.92. The summed E-state index contributed by atoms with van der Waals surface area (Å²) < 4.78 is 11.5. The molecular formula is C14H24N2O2. The van der Waals surface area contributed by atoms with E-state index in [1.165, 1.54) is 0 Å². The zero-order valence-electron chi connectivity index (χ0n) is 11.4. The summed E-state index contributed by atoms with van der Waals surface area (Å²) in [5.41, 5.74) is 0.0568. The molecule has 2 aliphatic rings. The van der Waals surface area contributed by atoms with Gasteiger partial charge in [0, 0.05) is 38.8 Å². The number of rotatable bonds is 4. The third-order valence-corrected chi connectivity index (χ3v) is 4.30. The largest absolute Gasteiger partial charge is 0.381 e. The highest BCUT2D eigenvalue weighted by atomic mass is 16.5. The maximum atomic E-state index is 8.73. The smallest absolute Gasteiger partial charge is 0.0741 e. The zero-order chi connectivity index (χ0) is 12.8. The fraction of sp³-hybridized carbons (Fsp3) is 0.929. The van der Waals surface area contributed by atoms with Gasteiger partial charge in [0.1, 0.15) is 0 Å². The van der Waals surface area contributed by atoms with Gasteiger partial charge in [0.2, 0.25) is 0 Å². The molecule has 2 rings (SSSR count). The lowest BCUT2D eigenvalue weighted by molar-refractivity contribution is -0.151. The maximum absolute atomic E-state index is 8.73. The van der Waals surface area contributed by atoms with Crippen LogP contribution in [0, 0.1) is 11.3 Å². The van der Waals surface area contributed by atoms with Gasteiger partial charge >= 0.3 is 0 Å². The molecule has 2 fully saturated rings. The van der Waals surface area contributed by atoms with Crippen molar-refractivity contribution >= 4 is 0 Å². The Bertz CT molecular complexity index is 289. The van der Waals surface area contributed by atoms with E-state index in [9.17, 15) is 0 Å². The molecule has 0 aromatic heterocycles. The second kappa shape index (κ2) is 6.51. The van der Waals surface area contributed by atoms with Crippen molar-refractivity contribution in [3.05, 3.63) is 0 Å². The van der Waals surface area contributed by atoms with Crippen molar-refractivity contribution < 1.29 is 9.47 Å². The average molecular weight is 252 g/mol. The summed E-state index contributed by atoms with van der Waals surface area (Å²) in [4.78, 5) is 2.45. The van der Waals surface area contributed by atoms with Crippen molar-refractivity contribution in [2.45, 2.75) is 50.7 Å². The fourth-order valence-electron chi connectivity index (χ4n) is 3.20. The first-order chi connectivity index (χ1) is 8.79. The SMILES string of the molecule is CCN(CCC#N)C1CCOC2(CCOCC2)C1. The molecule has 18 heavy (non-hydrogen) atoms. The van der Waals surface area contributed by atoms with E-state index < -0.39 is 0 Å². The summed E-state index contributed by atoms with van der Waals surface area (Å²) in [5.74, 6) is 0. The van der Waals surface area contributed by atoms with Crippen molar-refractivity contribution in [3.63, 3.8) is 0 Å². The van der Waals surface area contributed by atoms with E-state index >= 15 is 0 Å².